The van der Waals surface area contributed by atoms with Crippen LogP contribution < -0.4 is 10.6 Å². The Morgan fingerprint density at radius 2 is 1.95 bits per heavy atom. The molecule has 1 aliphatic carbocycles. The van der Waals surface area contributed by atoms with Gasteiger partial charge in [0, 0.05) is 24.7 Å². The molecule has 1 fully saturated rings. The standard InChI is InChI=1S/C15H22ClN3.HI/c1-2-17-15(19-11-13-3-4-13)18-10-9-12-5-7-14(16)8-6-12;/h5-8,13H,2-4,9-11H2,1H3,(H2,17,18,19);1H. The van der Waals surface area contributed by atoms with Crippen molar-refractivity contribution in [2.45, 2.75) is 26.2 Å². The molecule has 0 heterocycles. The van der Waals surface area contributed by atoms with Crippen molar-refractivity contribution in [1.29, 1.82) is 0 Å². The minimum absolute atomic E-state index is 0. The highest BCUT2D eigenvalue weighted by atomic mass is 127. The van der Waals surface area contributed by atoms with Crippen LogP contribution in [-0.2, 0) is 6.42 Å². The van der Waals surface area contributed by atoms with Gasteiger partial charge >= 0.3 is 0 Å². The number of hydrogen-bond donors (Lipinski definition) is 2. The zero-order chi connectivity index (χ0) is 13.5. The van der Waals surface area contributed by atoms with Crippen LogP contribution in [0.2, 0.25) is 5.02 Å². The average molecular weight is 408 g/mol. The van der Waals surface area contributed by atoms with Crippen LogP contribution in [0.1, 0.15) is 25.3 Å². The molecular formula is C15H23ClIN3. The van der Waals surface area contributed by atoms with Gasteiger partial charge in [0.15, 0.2) is 5.96 Å². The van der Waals surface area contributed by atoms with E-state index in [0.29, 0.717) is 0 Å². The van der Waals surface area contributed by atoms with Crippen LogP contribution in [0.4, 0.5) is 0 Å². The van der Waals surface area contributed by atoms with E-state index in [1.54, 1.807) is 0 Å². The molecule has 112 valence electrons. The van der Waals surface area contributed by atoms with Crippen LogP contribution in [0, 0.1) is 5.92 Å². The van der Waals surface area contributed by atoms with Gasteiger partial charge < -0.3 is 10.6 Å². The maximum atomic E-state index is 5.87. The molecule has 0 unspecified atom stereocenters. The van der Waals surface area contributed by atoms with Crippen LogP contribution in [0.15, 0.2) is 29.3 Å². The summed E-state index contributed by atoms with van der Waals surface area (Å²) in [6.07, 6.45) is 3.66. The Bertz CT molecular complexity index is 416. The molecule has 1 aromatic rings. The number of benzene rings is 1. The van der Waals surface area contributed by atoms with Crippen LogP contribution in [-0.4, -0.2) is 25.6 Å². The first kappa shape index (κ1) is 17.6. The third-order valence-electron chi connectivity index (χ3n) is 3.17. The Morgan fingerprint density at radius 1 is 1.25 bits per heavy atom. The summed E-state index contributed by atoms with van der Waals surface area (Å²) in [5, 5.41) is 7.44. The SMILES string of the molecule is CCNC(=NCC1CC1)NCCc1ccc(Cl)cc1.I. The van der Waals surface area contributed by atoms with Gasteiger partial charge in [-0.05, 0) is 49.8 Å². The van der Waals surface area contributed by atoms with Crippen molar-refractivity contribution in [3.63, 3.8) is 0 Å². The molecule has 0 atom stereocenters. The summed E-state index contributed by atoms with van der Waals surface area (Å²) < 4.78 is 0. The van der Waals surface area contributed by atoms with E-state index in [1.165, 1.54) is 18.4 Å². The van der Waals surface area contributed by atoms with E-state index in [2.05, 4.69) is 34.7 Å². The van der Waals surface area contributed by atoms with E-state index in [1.807, 2.05) is 12.1 Å². The van der Waals surface area contributed by atoms with Gasteiger partial charge in [0.1, 0.15) is 0 Å². The summed E-state index contributed by atoms with van der Waals surface area (Å²) in [5.41, 5.74) is 1.29. The third kappa shape index (κ3) is 6.79. The number of halogens is 2. The van der Waals surface area contributed by atoms with Crippen molar-refractivity contribution < 1.29 is 0 Å². The molecule has 0 saturated heterocycles. The molecule has 2 N–H and O–H groups in total. The number of guanidine groups is 1. The lowest BCUT2D eigenvalue weighted by Crippen LogP contribution is -2.38. The number of rotatable bonds is 6. The summed E-state index contributed by atoms with van der Waals surface area (Å²) in [6.45, 7) is 4.83. The van der Waals surface area contributed by atoms with E-state index in [0.717, 1.165) is 43.0 Å². The highest BCUT2D eigenvalue weighted by Gasteiger charge is 2.20. The molecule has 3 nitrogen and oxygen atoms in total. The Morgan fingerprint density at radius 3 is 2.55 bits per heavy atom. The predicted molar refractivity (Wildman–Crippen MR) is 97.3 cm³/mol. The highest BCUT2D eigenvalue weighted by molar-refractivity contribution is 14.0. The zero-order valence-corrected chi connectivity index (χ0v) is 14.9. The molecule has 0 radical (unpaired) electrons. The van der Waals surface area contributed by atoms with Crippen LogP contribution >= 0.6 is 35.6 Å². The fraction of sp³-hybridized carbons (Fsp3) is 0.533. The Hall–Kier alpha value is -0.490. The highest BCUT2D eigenvalue weighted by Crippen LogP contribution is 2.28. The van der Waals surface area contributed by atoms with Gasteiger partial charge in [0.25, 0.3) is 0 Å². The topological polar surface area (TPSA) is 36.4 Å². The fourth-order valence-corrected chi connectivity index (χ4v) is 1.96. The maximum Gasteiger partial charge on any atom is 0.191 e. The average Bonchev–Trinajstić information content (AvgIpc) is 3.22. The zero-order valence-electron chi connectivity index (χ0n) is 11.9. The fourth-order valence-electron chi connectivity index (χ4n) is 1.84. The minimum Gasteiger partial charge on any atom is -0.357 e. The van der Waals surface area contributed by atoms with Gasteiger partial charge in [-0.1, -0.05) is 23.7 Å². The Labute approximate surface area is 143 Å². The van der Waals surface area contributed by atoms with Gasteiger partial charge in [-0.15, -0.1) is 24.0 Å². The molecule has 1 aromatic carbocycles. The van der Waals surface area contributed by atoms with Crippen LogP contribution in [0.5, 0.6) is 0 Å². The van der Waals surface area contributed by atoms with Crippen LogP contribution in [0.3, 0.4) is 0 Å². The van der Waals surface area contributed by atoms with Gasteiger partial charge in [-0.2, -0.15) is 0 Å². The van der Waals surface area contributed by atoms with Crippen molar-refractivity contribution in [2.24, 2.45) is 10.9 Å². The van der Waals surface area contributed by atoms with E-state index >= 15 is 0 Å². The van der Waals surface area contributed by atoms with Crippen molar-refractivity contribution in [1.82, 2.24) is 10.6 Å². The first-order valence-corrected chi connectivity index (χ1v) is 7.42. The summed E-state index contributed by atoms with van der Waals surface area (Å²) in [6, 6.07) is 8.00. The third-order valence-corrected chi connectivity index (χ3v) is 3.42. The molecule has 2 rings (SSSR count). The maximum absolute atomic E-state index is 5.87. The Kier molecular flexibility index (Phi) is 8.30. The largest absolute Gasteiger partial charge is 0.357 e. The second-order valence-corrected chi connectivity index (χ2v) is 5.40. The van der Waals surface area contributed by atoms with Crippen molar-refractivity contribution in [2.75, 3.05) is 19.6 Å². The van der Waals surface area contributed by atoms with Crippen molar-refractivity contribution in [3.05, 3.63) is 34.9 Å². The first-order chi connectivity index (χ1) is 9.28. The van der Waals surface area contributed by atoms with E-state index < -0.39 is 0 Å². The summed E-state index contributed by atoms with van der Waals surface area (Å²) in [7, 11) is 0. The predicted octanol–water partition coefficient (Wildman–Crippen LogP) is 3.47. The van der Waals surface area contributed by atoms with Gasteiger partial charge in [0.2, 0.25) is 0 Å². The minimum atomic E-state index is 0. The molecule has 1 saturated carbocycles. The van der Waals surface area contributed by atoms with Gasteiger partial charge in [0.05, 0.1) is 0 Å². The lowest BCUT2D eigenvalue weighted by atomic mass is 10.1. The lowest BCUT2D eigenvalue weighted by Gasteiger charge is -2.11. The molecule has 1 aliphatic rings. The molecule has 0 aliphatic heterocycles. The van der Waals surface area contributed by atoms with E-state index in [4.69, 9.17) is 11.6 Å². The smallest absolute Gasteiger partial charge is 0.191 e. The summed E-state index contributed by atoms with van der Waals surface area (Å²) >= 11 is 5.87. The molecule has 0 bridgehead atoms. The molecule has 5 heteroatoms. The molecular weight excluding hydrogens is 385 g/mol. The molecule has 0 aromatic heterocycles. The number of hydrogen-bond acceptors (Lipinski definition) is 1. The van der Waals surface area contributed by atoms with E-state index in [9.17, 15) is 0 Å². The molecule has 0 amide bonds. The van der Waals surface area contributed by atoms with Crippen molar-refractivity contribution >= 4 is 41.5 Å². The molecule has 20 heavy (non-hydrogen) atoms. The lowest BCUT2D eigenvalue weighted by molar-refractivity contribution is 0.777. The second kappa shape index (κ2) is 9.45. The second-order valence-electron chi connectivity index (χ2n) is 4.97. The van der Waals surface area contributed by atoms with Gasteiger partial charge in [-0.25, -0.2) is 0 Å². The number of nitrogens with one attached hydrogen (secondary N) is 2. The summed E-state index contributed by atoms with van der Waals surface area (Å²) in [5.74, 6) is 1.76. The molecule has 0 spiro atoms. The van der Waals surface area contributed by atoms with Gasteiger partial charge in [-0.3, -0.25) is 4.99 Å². The quantitative estimate of drug-likeness (QED) is 0.430. The normalized spacial score (nSPS) is 14.6. The monoisotopic (exact) mass is 407 g/mol. The number of aliphatic imine (C=N–C) groups is 1. The van der Waals surface area contributed by atoms with Crippen molar-refractivity contribution in [3.8, 4) is 0 Å². The van der Waals surface area contributed by atoms with E-state index in [-0.39, 0.29) is 24.0 Å². The first-order valence-electron chi connectivity index (χ1n) is 7.04. The number of nitrogens with zero attached hydrogens (tertiary/aromatic N) is 1. The summed E-state index contributed by atoms with van der Waals surface area (Å²) in [4.78, 5) is 4.59. The van der Waals surface area contributed by atoms with Crippen LogP contribution in [0.25, 0.3) is 0 Å². The Balaban J connectivity index is 0.00000200.